The fourth-order valence-corrected chi connectivity index (χ4v) is 2.55. The normalized spacial score (nSPS) is 21.5. The van der Waals surface area contributed by atoms with E-state index in [2.05, 4.69) is 0 Å². The molecule has 3 heteroatoms. The van der Waals surface area contributed by atoms with Crippen molar-refractivity contribution in [1.82, 2.24) is 0 Å². The Morgan fingerprint density at radius 1 is 1.19 bits per heavy atom. The standard InChI is InChI=1S/C13H13NO2/c15-8-10-2-4-11(5-3-10)14-9-13(12(14)16)6-1-7-13/h2-5,8H,1,6-7,9H2. The highest BCUT2D eigenvalue weighted by atomic mass is 16.2. The second kappa shape index (κ2) is 3.17. The fourth-order valence-electron chi connectivity index (χ4n) is 2.55. The Balaban J connectivity index is 1.79. The van der Waals surface area contributed by atoms with Crippen LogP contribution in [0.15, 0.2) is 24.3 Å². The van der Waals surface area contributed by atoms with Crippen LogP contribution in [0, 0.1) is 5.41 Å². The Morgan fingerprint density at radius 3 is 2.31 bits per heavy atom. The third-order valence-electron chi connectivity index (χ3n) is 3.81. The Labute approximate surface area is 94.1 Å². The van der Waals surface area contributed by atoms with Crippen molar-refractivity contribution < 1.29 is 9.59 Å². The number of aldehydes is 1. The minimum absolute atomic E-state index is 0.0106. The van der Waals surface area contributed by atoms with Gasteiger partial charge in [0.15, 0.2) is 0 Å². The zero-order valence-electron chi connectivity index (χ0n) is 8.98. The minimum Gasteiger partial charge on any atom is -0.311 e. The number of carbonyl (C=O) groups is 2. The molecule has 1 spiro atoms. The van der Waals surface area contributed by atoms with Gasteiger partial charge in [-0.1, -0.05) is 6.42 Å². The first-order chi connectivity index (χ1) is 7.75. The highest BCUT2D eigenvalue weighted by molar-refractivity contribution is 6.05. The SMILES string of the molecule is O=Cc1ccc(N2CC3(CCC3)C2=O)cc1. The van der Waals surface area contributed by atoms with Crippen molar-refractivity contribution >= 4 is 17.9 Å². The highest BCUT2D eigenvalue weighted by Gasteiger charge is 2.55. The number of amides is 1. The summed E-state index contributed by atoms with van der Waals surface area (Å²) in [5, 5.41) is 0. The van der Waals surface area contributed by atoms with Gasteiger partial charge in [-0.2, -0.15) is 0 Å². The molecule has 0 radical (unpaired) electrons. The topological polar surface area (TPSA) is 37.4 Å². The van der Waals surface area contributed by atoms with Crippen molar-refractivity contribution in [3.8, 4) is 0 Å². The van der Waals surface area contributed by atoms with Gasteiger partial charge in [-0.15, -0.1) is 0 Å². The minimum atomic E-state index is -0.0106. The molecule has 1 heterocycles. The van der Waals surface area contributed by atoms with E-state index in [4.69, 9.17) is 0 Å². The molecule has 82 valence electrons. The zero-order valence-corrected chi connectivity index (χ0v) is 8.98. The maximum atomic E-state index is 12.0. The number of nitrogens with zero attached hydrogens (tertiary/aromatic N) is 1. The molecule has 1 amide bonds. The van der Waals surface area contributed by atoms with Crippen LogP contribution < -0.4 is 4.90 Å². The molecule has 1 aromatic carbocycles. The van der Waals surface area contributed by atoms with Crippen LogP contribution >= 0.6 is 0 Å². The average molecular weight is 215 g/mol. The Hall–Kier alpha value is -1.64. The van der Waals surface area contributed by atoms with Crippen LogP contribution in [0.2, 0.25) is 0 Å². The van der Waals surface area contributed by atoms with Crippen LogP contribution in [-0.4, -0.2) is 18.7 Å². The monoisotopic (exact) mass is 215 g/mol. The lowest BCUT2D eigenvalue weighted by molar-refractivity contribution is -0.141. The van der Waals surface area contributed by atoms with Crippen LogP contribution in [0.3, 0.4) is 0 Å². The highest BCUT2D eigenvalue weighted by Crippen LogP contribution is 2.50. The average Bonchev–Trinajstić information content (AvgIpc) is 2.26. The molecule has 3 nitrogen and oxygen atoms in total. The molecule has 1 saturated heterocycles. The summed E-state index contributed by atoms with van der Waals surface area (Å²) in [6, 6.07) is 7.18. The van der Waals surface area contributed by atoms with E-state index in [1.54, 1.807) is 12.1 Å². The van der Waals surface area contributed by atoms with Gasteiger partial charge in [0.1, 0.15) is 6.29 Å². The zero-order chi connectivity index (χ0) is 11.2. The van der Waals surface area contributed by atoms with E-state index in [0.717, 1.165) is 31.4 Å². The van der Waals surface area contributed by atoms with Crippen LogP contribution in [0.5, 0.6) is 0 Å². The molecule has 0 N–H and O–H groups in total. The van der Waals surface area contributed by atoms with Crippen LogP contribution in [0.25, 0.3) is 0 Å². The maximum absolute atomic E-state index is 12.0. The largest absolute Gasteiger partial charge is 0.311 e. The molecule has 2 fully saturated rings. The van der Waals surface area contributed by atoms with E-state index in [1.807, 2.05) is 17.0 Å². The number of rotatable bonds is 2. The third kappa shape index (κ3) is 1.14. The number of hydrogen-bond donors (Lipinski definition) is 0. The predicted molar refractivity (Wildman–Crippen MR) is 60.5 cm³/mol. The summed E-state index contributed by atoms with van der Waals surface area (Å²) >= 11 is 0. The van der Waals surface area contributed by atoms with E-state index in [9.17, 15) is 9.59 Å². The third-order valence-corrected chi connectivity index (χ3v) is 3.81. The molecular weight excluding hydrogens is 202 g/mol. The smallest absolute Gasteiger partial charge is 0.235 e. The van der Waals surface area contributed by atoms with Crippen molar-refractivity contribution in [2.75, 3.05) is 11.4 Å². The lowest BCUT2D eigenvalue weighted by Gasteiger charge is -2.54. The molecule has 1 aromatic rings. The van der Waals surface area contributed by atoms with E-state index >= 15 is 0 Å². The summed E-state index contributed by atoms with van der Waals surface area (Å²) in [4.78, 5) is 24.3. The van der Waals surface area contributed by atoms with Gasteiger partial charge in [-0.25, -0.2) is 0 Å². The molecule has 16 heavy (non-hydrogen) atoms. The number of anilines is 1. The Bertz CT molecular complexity index is 446. The molecule has 0 atom stereocenters. The molecule has 1 aliphatic heterocycles. The second-order valence-corrected chi connectivity index (χ2v) is 4.73. The van der Waals surface area contributed by atoms with Crippen molar-refractivity contribution in [3.05, 3.63) is 29.8 Å². The molecule has 1 aliphatic carbocycles. The summed E-state index contributed by atoms with van der Waals surface area (Å²) < 4.78 is 0. The van der Waals surface area contributed by atoms with Gasteiger partial charge < -0.3 is 4.90 Å². The van der Waals surface area contributed by atoms with Gasteiger partial charge in [0.05, 0.1) is 5.41 Å². The van der Waals surface area contributed by atoms with Crippen LogP contribution in [0.1, 0.15) is 29.6 Å². The second-order valence-electron chi connectivity index (χ2n) is 4.73. The number of hydrogen-bond acceptors (Lipinski definition) is 2. The molecule has 0 aromatic heterocycles. The van der Waals surface area contributed by atoms with E-state index in [1.165, 1.54) is 6.42 Å². The Kier molecular flexibility index (Phi) is 1.90. The first kappa shape index (κ1) is 9.58. The first-order valence-electron chi connectivity index (χ1n) is 5.62. The summed E-state index contributed by atoms with van der Waals surface area (Å²) in [5.74, 6) is 0.262. The molecule has 3 rings (SSSR count). The molecule has 1 saturated carbocycles. The Morgan fingerprint density at radius 2 is 1.88 bits per heavy atom. The van der Waals surface area contributed by atoms with Gasteiger partial charge in [-0.05, 0) is 37.1 Å². The summed E-state index contributed by atoms with van der Waals surface area (Å²) in [6.07, 6.45) is 4.10. The quantitative estimate of drug-likeness (QED) is 0.559. The van der Waals surface area contributed by atoms with Crippen molar-refractivity contribution in [2.45, 2.75) is 19.3 Å². The number of benzene rings is 1. The molecule has 0 unspecified atom stereocenters. The summed E-state index contributed by atoms with van der Waals surface area (Å²) in [7, 11) is 0. The van der Waals surface area contributed by atoms with Gasteiger partial charge in [0.25, 0.3) is 0 Å². The number of β-lactam (4-membered cyclic amide) rings is 1. The molecule has 2 aliphatic rings. The van der Waals surface area contributed by atoms with E-state index in [0.29, 0.717) is 5.56 Å². The van der Waals surface area contributed by atoms with Crippen molar-refractivity contribution in [2.24, 2.45) is 5.41 Å². The van der Waals surface area contributed by atoms with Crippen molar-refractivity contribution in [1.29, 1.82) is 0 Å². The van der Waals surface area contributed by atoms with Gasteiger partial charge >= 0.3 is 0 Å². The van der Waals surface area contributed by atoms with Crippen molar-refractivity contribution in [3.63, 3.8) is 0 Å². The lowest BCUT2D eigenvalue weighted by Crippen LogP contribution is -2.64. The maximum Gasteiger partial charge on any atom is 0.235 e. The van der Waals surface area contributed by atoms with Crippen LogP contribution in [-0.2, 0) is 4.79 Å². The fraction of sp³-hybridized carbons (Fsp3) is 0.385. The molecular formula is C13H13NO2. The predicted octanol–water partition coefficient (Wildman–Crippen LogP) is 2.02. The summed E-state index contributed by atoms with van der Waals surface area (Å²) in [5.41, 5.74) is 1.55. The summed E-state index contributed by atoms with van der Waals surface area (Å²) in [6.45, 7) is 0.853. The van der Waals surface area contributed by atoms with Crippen LogP contribution in [0.4, 0.5) is 5.69 Å². The van der Waals surface area contributed by atoms with Gasteiger partial charge in [0.2, 0.25) is 5.91 Å². The van der Waals surface area contributed by atoms with E-state index < -0.39 is 0 Å². The lowest BCUT2D eigenvalue weighted by atomic mass is 9.62. The number of carbonyl (C=O) groups excluding carboxylic acids is 2. The van der Waals surface area contributed by atoms with Gasteiger partial charge in [0, 0.05) is 17.8 Å². The first-order valence-corrected chi connectivity index (χ1v) is 5.62. The van der Waals surface area contributed by atoms with E-state index in [-0.39, 0.29) is 11.3 Å². The van der Waals surface area contributed by atoms with Gasteiger partial charge in [-0.3, -0.25) is 9.59 Å². The molecule has 0 bridgehead atoms.